The third kappa shape index (κ3) is 4.86. The van der Waals surface area contributed by atoms with Crippen LogP contribution in [0.3, 0.4) is 0 Å². The summed E-state index contributed by atoms with van der Waals surface area (Å²) in [5.41, 5.74) is 1.54. The summed E-state index contributed by atoms with van der Waals surface area (Å²) in [7, 11) is 2.43. The number of aromatic nitrogens is 2. The van der Waals surface area contributed by atoms with Crippen LogP contribution in [0.5, 0.6) is 0 Å². The molecule has 2 aromatic carbocycles. The average molecular weight is 440 g/mol. The van der Waals surface area contributed by atoms with Gasteiger partial charge in [-0.15, -0.1) is 0 Å². The second-order valence-corrected chi connectivity index (χ2v) is 7.01. The van der Waals surface area contributed by atoms with Crippen LogP contribution in [0.15, 0.2) is 48.5 Å². The Balaban J connectivity index is 2.24. The maximum atomic E-state index is 14.0. The zero-order chi connectivity index (χ0) is 23.1. The van der Waals surface area contributed by atoms with Gasteiger partial charge in [0.05, 0.1) is 26.5 Å². The number of methoxy groups -OCH3 is 2. The zero-order valence-corrected chi connectivity index (χ0v) is 18.3. The molecule has 0 aliphatic heterocycles. The summed E-state index contributed by atoms with van der Waals surface area (Å²) in [5.74, 6) is -1.96. The molecule has 0 fully saturated rings. The van der Waals surface area contributed by atoms with E-state index in [0.717, 1.165) is 12.8 Å². The molecule has 32 heavy (non-hydrogen) atoms. The molecule has 3 aromatic rings. The molecule has 0 saturated carbocycles. The van der Waals surface area contributed by atoms with E-state index in [-0.39, 0.29) is 23.6 Å². The van der Waals surface area contributed by atoms with E-state index in [1.54, 1.807) is 24.3 Å². The van der Waals surface area contributed by atoms with Gasteiger partial charge in [-0.25, -0.2) is 18.7 Å². The molecule has 0 spiro atoms. The van der Waals surface area contributed by atoms with E-state index in [9.17, 15) is 14.0 Å². The lowest BCUT2D eigenvalue weighted by Crippen LogP contribution is -2.15. The van der Waals surface area contributed by atoms with Crippen molar-refractivity contribution in [1.82, 2.24) is 9.78 Å². The van der Waals surface area contributed by atoms with Crippen LogP contribution in [0, 0.1) is 5.82 Å². The summed E-state index contributed by atoms with van der Waals surface area (Å²) < 4.78 is 31.0. The zero-order valence-electron chi connectivity index (χ0n) is 18.3. The molecular formula is C24H25FN2O5. The van der Waals surface area contributed by atoms with Crippen molar-refractivity contribution in [1.29, 1.82) is 0 Å². The van der Waals surface area contributed by atoms with Gasteiger partial charge in [-0.3, -0.25) is 0 Å². The molecule has 0 radical (unpaired) electrons. The second kappa shape index (κ2) is 10.7. The fourth-order valence-corrected chi connectivity index (χ4v) is 3.28. The summed E-state index contributed by atoms with van der Waals surface area (Å²) >= 11 is 0. The Bertz CT molecular complexity index is 1100. The molecule has 0 amide bonds. The van der Waals surface area contributed by atoms with E-state index in [0.29, 0.717) is 23.4 Å². The number of unbranched alkanes of at least 4 members (excludes halogenated alkanes) is 1. The van der Waals surface area contributed by atoms with Crippen LogP contribution in [-0.2, 0) is 20.8 Å². The summed E-state index contributed by atoms with van der Waals surface area (Å²) in [6.07, 6.45) is 1.83. The number of halogens is 1. The third-order valence-corrected chi connectivity index (χ3v) is 4.88. The molecule has 0 N–H and O–H groups in total. The highest BCUT2D eigenvalue weighted by Crippen LogP contribution is 2.32. The number of para-hydroxylation sites is 1. The minimum absolute atomic E-state index is 0.0652. The van der Waals surface area contributed by atoms with Crippen LogP contribution in [0.1, 0.15) is 46.2 Å². The number of ether oxygens (including phenoxy) is 3. The number of esters is 2. The number of benzene rings is 2. The molecule has 0 aliphatic rings. The molecule has 0 saturated heterocycles. The smallest absolute Gasteiger partial charge is 0.357 e. The highest BCUT2D eigenvalue weighted by molar-refractivity contribution is 6.07. The lowest BCUT2D eigenvalue weighted by atomic mass is 10.0. The number of carbonyl (C=O) groups is 2. The van der Waals surface area contributed by atoms with E-state index < -0.39 is 17.8 Å². The molecule has 0 bridgehead atoms. The van der Waals surface area contributed by atoms with Gasteiger partial charge in [0, 0.05) is 12.2 Å². The van der Waals surface area contributed by atoms with E-state index in [1.807, 2.05) is 13.0 Å². The van der Waals surface area contributed by atoms with Crippen molar-refractivity contribution in [2.24, 2.45) is 0 Å². The van der Waals surface area contributed by atoms with Gasteiger partial charge in [0.2, 0.25) is 0 Å². The first-order valence-corrected chi connectivity index (χ1v) is 10.2. The van der Waals surface area contributed by atoms with E-state index in [4.69, 9.17) is 14.2 Å². The average Bonchev–Trinajstić information content (AvgIpc) is 3.22. The molecule has 0 atom stereocenters. The van der Waals surface area contributed by atoms with Crippen molar-refractivity contribution in [2.45, 2.75) is 26.4 Å². The maximum Gasteiger partial charge on any atom is 0.357 e. The quantitative estimate of drug-likeness (QED) is 0.358. The topological polar surface area (TPSA) is 79.7 Å². The van der Waals surface area contributed by atoms with Crippen molar-refractivity contribution < 1.29 is 28.2 Å². The Morgan fingerprint density at radius 1 is 1.03 bits per heavy atom. The minimum Gasteiger partial charge on any atom is -0.465 e. The molecule has 168 valence electrons. The number of hydrogen-bond acceptors (Lipinski definition) is 6. The predicted octanol–water partition coefficient (Wildman–Crippen LogP) is 4.57. The molecule has 0 aliphatic carbocycles. The van der Waals surface area contributed by atoms with Gasteiger partial charge in [-0.1, -0.05) is 31.5 Å². The second-order valence-electron chi connectivity index (χ2n) is 7.01. The van der Waals surface area contributed by atoms with Crippen LogP contribution >= 0.6 is 0 Å². The van der Waals surface area contributed by atoms with Crippen LogP contribution in [-0.4, -0.2) is 42.5 Å². The van der Waals surface area contributed by atoms with E-state index in [1.165, 1.54) is 37.1 Å². The fourth-order valence-electron chi connectivity index (χ4n) is 3.28. The highest BCUT2D eigenvalue weighted by atomic mass is 19.1. The fraction of sp³-hybridized carbons (Fsp3) is 0.292. The van der Waals surface area contributed by atoms with Crippen LogP contribution in [0.25, 0.3) is 16.9 Å². The number of nitrogens with zero attached hydrogens (tertiary/aromatic N) is 2. The first-order chi connectivity index (χ1) is 15.5. The van der Waals surface area contributed by atoms with Crippen molar-refractivity contribution in [2.75, 3.05) is 20.8 Å². The first-order valence-electron chi connectivity index (χ1n) is 10.2. The summed E-state index contributed by atoms with van der Waals surface area (Å²) in [6, 6.07) is 13.0. The van der Waals surface area contributed by atoms with E-state index >= 15 is 0 Å². The molecule has 0 unspecified atom stereocenters. The summed E-state index contributed by atoms with van der Waals surface area (Å²) in [4.78, 5) is 25.5. The Kier molecular flexibility index (Phi) is 7.72. The Morgan fingerprint density at radius 3 is 2.41 bits per heavy atom. The number of rotatable bonds is 9. The summed E-state index contributed by atoms with van der Waals surface area (Å²) in [6.45, 7) is 2.69. The van der Waals surface area contributed by atoms with Gasteiger partial charge >= 0.3 is 11.9 Å². The van der Waals surface area contributed by atoms with Gasteiger partial charge in [0.15, 0.2) is 5.69 Å². The van der Waals surface area contributed by atoms with Crippen molar-refractivity contribution in [3.63, 3.8) is 0 Å². The largest absolute Gasteiger partial charge is 0.465 e. The van der Waals surface area contributed by atoms with Crippen molar-refractivity contribution >= 4 is 11.9 Å². The summed E-state index contributed by atoms with van der Waals surface area (Å²) in [5, 5.41) is 4.56. The number of hydrogen-bond donors (Lipinski definition) is 0. The Hall–Kier alpha value is -3.52. The van der Waals surface area contributed by atoms with Crippen molar-refractivity contribution in [3.05, 3.63) is 71.2 Å². The standard InChI is InChI=1S/C24H25FN2O5/c1-4-5-13-32-15-16-14-17(25)11-12-19(16)21-20(23(28)30-2)22(24(29)31-3)27(26-21)18-9-7-6-8-10-18/h6-12,14H,4-5,13,15H2,1-3H3. The maximum absolute atomic E-state index is 14.0. The number of carbonyl (C=O) groups excluding carboxylic acids is 2. The lowest BCUT2D eigenvalue weighted by Gasteiger charge is -2.10. The Labute approximate surface area is 185 Å². The first kappa shape index (κ1) is 23.1. The van der Waals surface area contributed by atoms with Crippen LogP contribution in [0.2, 0.25) is 0 Å². The van der Waals surface area contributed by atoms with Gasteiger partial charge in [0.25, 0.3) is 0 Å². The lowest BCUT2D eigenvalue weighted by molar-refractivity contribution is 0.0549. The molecule has 1 aromatic heterocycles. The third-order valence-electron chi connectivity index (χ3n) is 4.88. The van der Waals surface area contributed by atoms with Crippen LogP contribution < -0.4 is 0 Å². The Morgan fingerprint density at radius 2 is 1.75 bits per heavy atom. The molecule has 3 rings (SSSR count). The van der Waals surface area contributed by atoms with Gasteiger partial charge in [-0.2, -0.15) is 5.10 Å². The monoisotopic (exact) mass is 440 g/mol. The van der Waals surface area contributed by atoms with E-state index in [2.05, 4.69) is 5.10 Å². The SMILES string of the molecule is CCCCOCc1cc(F)ccc1-c1nn(-c2ccccc2)c(C(=O)OC)c1C(=O)OC. The minimum atomic E-state index is -0.759. The predicted molar refractivity (Wildman–Crippen MR) is 116 cm³/mol. The van der Waals surface area contributed by atoms with Gasteiger partial charge in [0.1, 0.15) is 17.1 Å². The molecule has 7 nitrogen and oxygen atoms in total. The van der Waals surface area contributed by atoms with Crippen LogP contribution in [0.4, 0.5) is 4.39 Å². The van der Waals surface area contributed by atoms with Crippen molar-refractivity contribution in [3.8, 4) is 16.9 Å². The molecule has 8 heteroatoms. The van der Waals surface area contributed by atoms with Gasteiger partial charge in [-0.05, 0) is 42.3 Å². The van der Waals surface area contributed by atoms with Gasteiger partial charge < -0.3 is 14.2 Å². The molecule has 1 heterocycles. The normalized spacial score (nSPS) is 10.8. The highest BCUT2D eigenvalue weighted by Gasteiger charge is 2.32. The molecular weight excluding hydrogens is 415 g/mol.